The topological polar surface area (TPSA) is 89.0 Å². The summed E-state index contributed by atoms with van der Waals surface area (Å²) in [5.41, 5.74) is 3.74. The maximum Gasteiger partial charge on any atom is 0.220 e. The highest BCUT2D eigenvalue weighted by Gasteiger charge is 2.16. The minimum Gasteiger partial charge on any atom is -0.493 e. The Morgan fingerprint density at radius 3 is 2.68 bits per heavy atom. The van der Waals surface area contributed by atoms with Gasteiger partial charge in [-0.25, -0.2) is 9.97 Å². The van der Waals surface area contributed by atoms with Crippen molar-refractivity contribution in [1.29, 1.82) is 0 Å². The van der Waals surface area contributed by atoms with Crippen molar-refractivity contribution in [1.82, 2.24) is 20.3 Å². The standard InChI is InChI=1S/C30H33N5O2/c1-31-30-25-19-21(15-16-26(25)34-29(35-30)22-9-7-17-32-20-22)24-12-5-6-13-27(24)37-18-8-14-28(36)33-23-10-3-2-4-11-23/h5-7,9,12-13,15-17,19-20,23H,2-4,8,10-11,14,18H2,1H3,(H,33,36)(H,31,34,35). The number of rotatable bonds is 9. The van der Waals surface area contributed by atoms with E-state index in [1.54, 1.807) is 12.4 Å². The number of fused-ring (bicyclic) bond motifs is 1. The van der Waals surface area contributed by atoms with Gasteiger partial charge >= 0.3 is 0 Å². The van der Waals surface area contributed by atoms with E-state index in [9.17, 15) is 4.79 Å². The molecule has 0 aliphatic heterocycles. The lowest BCUT2D eigenvalue weighted by Crippen LogP contribution is -2.36. The molecule has 1 aliphatic rings. The molecule has 0 bridgehead atoms. The first-order valence-electron chi connectivity index (χ1n) is 13.1. The van der Waals surface area contributed by atoms with Gasteiger partial charge in [-0.2, -0.15) is 0 Å². The molecule has 1 amide bonds. The van der Waals surface area contributed by atoms with Crippen molar-refractivity contribution in [3.63, 3.8) is 0 Å². The van der Waals surface area contributed by atoms with E-state index < -0.39 is 0 Å². The average molecular weight is 496 g/mol. The number of hydrogen-bond donors (Lipinski definition) is 2. The highest BCUT2D eigenvalue weighted by atomic mass is 16.5. The van der Waals surface area contributed by atoms with Crippen molar-refractivity contribution in [2.45, 2.75) is 51.0 Å². The van der Waals surface area contributed by atoms with Crippen LogP contribution in [0.15, 0.2) is 67.0 Å². The number of amides is 1. The average Bonchev–Trinajstić information content (AvgIpc) is 2.95. The third-order valence-electron chi connectivity index (χ3n) is 6.83. The highest BCUT2D eigenvalue weighted by molar-refractivity contribution is 5.94. The van der Waals surface area contributed by atoms with Crippen LogP contribution in [0, 0.1) is 0 Å². The summed E-state index contributed by atoms with van der Waals surface area (Å²) in [5, 5.41) is 7.33. The first-order chi connectivity index (χ1) is 18.2. The number of pyridine rings is 1. The Kier molecular flexibility index (Phi) is 7.89. The molecule has 1 fully saturated rings. The van der Waals surface area contributed by atoms with Crippen molar-refractivity contribution >= 4 is 22.6 Å². The summed E-state index contributed by atoms with van der Waals surface area (Å²) in [7, 11) is 1.86. The quantitative estimate of drug-likeness (QED) is 0.277. The van der Waals surface area contributed by atoms with E-state index in [4.69, 9.17) is 14.7 Å². The Bertz CT molecular complexity index is 1350. The van der Waals surface area contributed by atoms with Crippen LogP contribution in [0.5, 0.6) is 5.75 Å². The molecule has 2 N–H and O–H groups in total. The van der Waals surface area contributed by atoms with Gasteiger partial charge in [0, 0.05) is 48.4 Å². The van der Waals surface area contributed by atoms with Crippen LogP contribution in [0.3, 0.4) is 0 Å². The van der Waals surface area contributed by atoms with Crippen LogP contribution in [0.1, 0.15) is 44.9 Å². The molecule has 0 atom stereocenters. The molecule has 7 nitrogen and oxygen atoms in total. The summed E-state index contributed by atoms with van der Waals surface area (Å²) in [4.78, 5) is 26.0. The van der Waals surface area contributed by atoms with E-state index in [-0.39, 0.29) is 5.91 Å². The first-order valence-corrected chi connectivity index (χ1v) is 13.1. The zero-order chi connectivity index (χ0) is 25.5. The fourth-order valence-corrected chi connectivity index (χ4v) is 4.90. The number of benzene rings is 2. The minimum absolute atomic E-state index is 0.128. The molecule has 2 heterocycles. The second kappa shape index (κ2) is 11.8. The summed E-state index contributed by atoms with van der Waals surface area (Å²) in [5.74, 6) is 2.32. The maximum absolute atomic E-state index is 12.3. The molecule has 2 aromatic heterocycles. The number of ether oxygens (including phenoxy) is 1. The lowest BCUT2D eigenvalue weighted by Gasteiger charge is -2.22. The van der Waals surface area contributed by atoms with E-state index >= 15 is 0 Å². The van der Waals surface area contributed by atoms with Gasteiger partial charge < -0.3 is 15.4 Å². The molecule has 1 aliphatic carbocycles. The van der Waals surface area contributed by atoms with Gasteiger partial charge in [0.2, 0.25) is 5.91 Å². The van der Waals surface area contributed by atoms with E-state index in [0.717, 1.165) is 52.0 Å². The van der Waals surface area contributed by atoms with E-state index in [1.807, 2.05) is 43.4 Å². The van der Waals surface area contributed by atoms with Crippen molar-refractivity contribution in [3.8, 4) is 28.3 Å². The molecule has 37 heavy (non-hydrogen) atoms. The second-order valence-electron chi connectivity index (χ2n) is 9.47. The third-order valence-corrected chi connectivity index (χ3v) is 6.83. The Balaban J connectivity index is 1.29. The van der Waals surface area contributed by atoms with Crippen molar-refractivity contribution in [2.24, 2.45) is 0 Å². The minimum atomic E-state index is 0.128. The summed E-state index contributed by atoms with van der Waals surface area (Å²) in [6.45, 7) is 0.488. The van der Waals surface area contributed by atoms with Crippen LogP contribution in [0.25, 0.3) is 33.4 Å². The molecular weight excluding hydrogens is 462 g/mol. The van der Waals surface area contributed by atoms with E-state index in [1.165, 1.54) is 19.3 Å². The monoisotopic (exact) mass is 495 g/mol. The molecule has 190 valence electrons. The van der Waals surface area contributed by atoms with Gasteiger partial charge in [0.25, 0.3) is 0 Å². The Labute approximate surface area is 217 Å². The highest BCUT2D eigenvalue weighted by Crippen LogP contribution is 2.34. The zero-order valence-corrected chi connectivity index (χ0v) is 21.2. The van der Waals surface area contributed by atoms with Gasteiger partial charge in [-0.3, -0.25) is 9.78 Å². The summed E-state index contributed by atoms with van der Waals surface area (Å²) < 4.78 is 6.14. The fraction of sp³-hybridized carbons (Fsp3) is 0.333. The Morgan fingerprint density at radius 1 is 1.00 bits per heavy atom. The van der Waals surface area contributed by atoms with Crippen molar-refractivity contribution in [3.05, 3.63) is 67.0 Å². The lowest BCUT2D eigenvalue weighted by atomic mass is 9.95. The molecule has 0 unspecified atom stereocenters. The number of carbonyl (C=O) groups is 1. The van der Waals surface area contributed by atoms with Crippen LogP contribution in [-0.4, -0.2) is 40.6 Å². The number of nitrogens with one attached hydrogen (secondary N) is 2. The Hall–Kier alpha value is -4.00. The summed E-state index contributed by atoms with van der Waals surface area (Å²) in [6.07, 6.45) is 10.6. The van der Waals surface area contributed by atoms with Gasteiger partial charge in [-0.1, -0.05) is 43.5 Å². The summed E-state index contributed by atoms with van der Waals surface area (Å²) in [6, 6.07) is 18.3. The van der Waals surface area contributed by atoms with Gasteiger partial charge in [-0.05, 0) is 55.2 Å². The molecular formula is C30H33N5O2. The molecule has 4 aromatic rings. The molecule has 5 rings (SSSR count). The molecule has 0 spiro atoms. The molecule has 2 aromatic carbocycles. The molecule has 0 radical (unpaired) electrons. The van der Waals surface area contributed by atoms with E-state index in [2.05, 4.69) is 33.8 Å². The van der Waals surface area contributed by atoms with Crippen LogP contribution < -0.4 is 15.4 Å². The number of nitrogens with zero attached hydrogens (tertiary/aromatic N) is 3. The lowest BCUT2D eigenvalue weighted by molar-refractivity contribution is -0.122. The normalized spacial score (nSPS) is 13.9. The van der Waals surface area contributed by atoms with Crippen LogP contribution in [0.2, 0.25) is 0 Å². The second-order valence-corrected chi connectivity index (χ2v) is 9.47. The van der Waals surface area contributed by atoms with Crippen molar-refractivity contribution < 1.29 is 9.53 Å². The zero-order valence-electron chi connectivity index (χ0n) is 21.2. The fourth-order valence-electron chi connectivity index (χ4n) is 4.90. The van der Waals surface area contributed by atoms with Gasteiger partial charge in [0.15, 0.2) is 5.82 Å². The maximum atomic E-state index is 12.3. The number of hydrogen-bond acceptors (Lipinski definition) is 6. The first kappa shape index (κ1) is 24.7. The molecule has 7 heteroatoms. The predicted molar refractivity (Wildman–Crippen MR) is 147 cm³/mol. The third kappa shape index (κ3) is 6.05. The Morgan fingerprint density at radius 2 is 1.86 bits per heavy atom. The predicted octanol–water partition coefficient (Wildman–Crippen LogP) is 6.01. The number of para-hydroxylation sites is 1. The summed E-state index contributed by atoms with van der Waals surface area (Å²) >= 11 is 0. The number of aromatic nitrogens is 3. The van der Waals surface area contributed by atoms with Crippen LogP contribution in [0.4, 0.5) is 5.82 Å². The molecule has 0 saturated heterocycles. The largest absolute Gasteiger partial charge is 0.493 e. The molecule has 1 saturated carbocycles. The van der Waals surface area contributed by atoms with Crippen LogP contribution in [-0.2, 0) is 4.79 Å². The van der Waals surface area contributed by atoms with E-state index in [0.29, 0.717) is 31.3 Å². The van der Waals surface area contributed by atoms with Crippen molar-refractivity contribution in [2.75, 3.05) is 19.0 Å². The van der Waals surface area contributed by atoms with Gasteiger partial charge in [0.1, 0.15) is 11.6 Å². The van der Waals surface area contributed by atoms with Gasteiger partial charge in [0.05, 0.1) is 12.1 Å². The number of carbonyl (C=O) groups excluding carboxylic acids is 1. The smallest absolute Gasteiger partial charge is 0.220 e. The van der Waals surface area contributed by atoms with Gasteiger partial charge in [-0.15, -0.1) is 0 Å². The SMILES string of the molecule is CNc1nc(-c2cccnc2)nc2ccc(-c3ccccc3OCCCC(=O)NC3CCCCC3)cc12. The number of anilines is 1. The van der Waals surface area contributed by atoms with Crippen LogP contribution >= 0.6 is 0 Å².